The lowest BCUT2D eigenvalue weighted by Crippen LogP contribution is -2.29. The van der Waals surface area contributed by atoms with Crippen LogP contribution in [0.5, 0.6) is 0 Å². The Balaban J connectivity index is 1.77. The molecule has 0 saturated carbocycles. The first-order chi connectivity index (χ1) is 9.66. The first kappa shape index (κ1) is 14.5. The van der Waals surface area contributed by atoms with Gasteiger partial charge in [0.2, 0.25) is 5.91 Å². The number of carbonyl (C=O) groups is 1. The van der Waals surface area contributed by atoms with Crippen LogP contribution in [0.2, 0.25) is 0 Å². The van der Waals surface area contributed by atoms with Crippen LogP contribution in [-0.2, 0) is 16.1 Å². The highest BCUT2D eigenvalue weighted by atomic mass is 16.5. The second kappa shape index (κ2) is 7.00. The molecule has 0 aliphatic rings. The molecule has 6 heteroatoms. The molecule has 0 atom stereocenters. The Morgan fingerprint density at radius 1 is 1.40 bits per heavy atom. The number of benzene rings is 1. The van der Waals surface area contributed by atoms with E-state index >= 15 is 0 Å². The molecular weight excluding hydrogens is 256 g/mol. The third-order valence-electron chi connectivity index (χ3n) is 2.81. The Morgan fingerprint density at radius 2 is 2.20 bits per heavy atom. The first-order valence-corrected chi connectivity index (χ1v) is 6.83. The van der Waals surface area contributed by atoms with E-state index in [0.29, 0.717) is 13.2 Å². The van der Waals surface area contributed by atoms with E-state index in [0.717, 1.165) is 17.5 Å². The Hall–Kier alpha value is -1.95. The molecule has 1 aromatic carbocycles. The van der Waals surface area contributed by atoms with E-state index in [9.17, 15) is 4.79 Å². The second-order valence-electron chi connectivity index (χ2n) is 4.86. The number of hydrogen-bond donors (Lipinski definition) is 1. The smallest absolute Gasteiger partial charge is 0.241 e. The summed E-state index contributed by atoms with van der Waals surface area (Å²) in [5.41, 5.74) is 1.66. The molecule has 1 aromatic heterocycles. The Bertz CT molecular complexity index is 565. The van der Waals surface area contributed by atoms with Crippen molar-refractivity contribution in [2.75, 3.05) is 13.2 Å². The summed E-state index contributed by atoms with van der Waals surface area (Å²) in [5.74, 6) is -0.0646. The van der Waals surface area contributed by atoms with Crippen molar-refractivity contribution >= 4 is 16.9 Å². The molecule has 0 fully saturated rings. The highest BCUT2D eigenvalue weighted by molar-refractivity contribution is 5.79. The highest BCUT2D eigenvalue weighted by Gasteiger charge is 2.07. The molecule has 1 amide bonds. The molecule has 0 radical (unpaired) electrons. The van der Waals surface area contributed by atoms with Crippen molar-refractivity contribution in [2.45, 2.75) is 32.9 Å². The van der Waals surface area contributed by atoms with Gasteiger partial charge in [0.25, 0.3) is 0 Å². The van der Waals surface area contributed by atoms with Gasteiger partial charge in [-0.2, -0.15) is 0 Å². The third kappa shape index (κ3) is 4.03. The summed E-state index contributed by atoms with van der Waals surface area (Å²) in [6, 6.07) is 7.58. The van der Waals surface area contributed by atoms with Gasteiger partial charge in [-0.25, -0.2) is 4.68 Å². The van der Waals surface area contributed by atoms with Gasteiger partial charge in [0, 0.05) is 13.2 Å². The van der Waals surface area contributed by atoms with Gasteiger partial charge in [-0.1, -0.05) is 17.3 Å². The zero-order valence-electron chi connectivity index (χ0n) is 11.9. The van der Waals surface area contributed by atoms with Crippen LogP contribution in [0.1, 0.15) is 20.3 Å². The Morgan fingerprint density at radius 3 is 3.00 bits per heavy atom. The fourth-order valence-electron chi connectivity index (χ4n) is 1.85. The average Bonchev–Trinajstić information content (AvgIpc) is 2.81. The molecule has 6 nitrogen and oxygen atoms in total. The van der Waals surface area contributed by atoms with Gasteiger partial charge < -0.3 is 10.1 Å². The van der Waals surface area contributed by atoms with Crippen molar-refractivity contribution < 1.29 is 9.53 Å². The maximum absolute atomic E-state index is 11.8. The van der Waals surface area contributed by atoms with Crippen molar-refractivity contribution in [3.8, 4) is 0 Å². The lowest BCUT2D eigenvalue weighted by molar-refractivity contribution is -0.121. The summed E-state index contributed by atoms with van der Waals surface area (Å²) in [5, 5.41) is 10.8. The number of rotatable bonds is 7. The molecular formula is C14H20N4O2. The van der Waals surface area contributed by atoms with Gasteiger partial charge in [0.05, 0.1) is 11.6 Å². The number of nitrogens with one attached hydrogen (secondary N) is 1. The zero-order chi connectivity index (χ0) is 14.4. The van der Waals surface area contributed by atoms with Crippen LogP contribution in [0.15, 0.2) is 24.3 Å². The number of hydrogen-bond acceptors (Lipinski definition) is 4. The van der Waals surface area contributed by atoms with E-state index in [1.807, 2.05) is 38.1 Å². The largest absolute Gasteiger partial charge is 0.379 e. The van der Waals surface area contributed by atoms with E-state index in [1.165, 1.54) is 0 Å². The lowest BCUT2D eigenvalue weighted by Gasteiger charge is -2.08. The van der Waals surface area contributed by atoms with Crippen LogP contribution in [0.25, 0.3) is 11.0 Å². The minimum Gasteiger partial charge on any atom is -0.379 e. The predicted molar refractivity (Wildman–Crippen MR) is 76.2 cm³/mol. The van der Waals surface area contributed by atoms with Gasteiger partial charge in [0.1, 0.15) is 12.1 Å². The third-order valence-corrected chi connectivity index (χ3v) is 2.81. The number of fused-ring (bicyclic) bond motifs is 1. The molecule has 0 saturated heterocycles. The Kier molecular flexibility index (Phi) is 5.06. The van der Waals surface area contributed by atoms with Gasteiger partial charge >= 0.3 is 0 Å². The molecule has 108 valence electrons. The fourth-order valence-corrected chi connectivity index (χ4v) is 1.85. The van der Waals surface area contributed by atoms with Crippen LogP contribution in [0, 0.1) is 0 Å². The molecule has 0 bridgehead atoms. The topological polar surface area (TPSA) is 69.0 Å². The van der Waals surface area contributed by atoms with Crippen LogP contribution < -0.4 is 5.32 Å². The second-order valence-corrected chi connectivity index (χ2v) is 4.86. The molecule has 0 spiro atoms. The molecule has 0 aliphatic carbocycles. The molecule has 0 aliphatic heterocycles. The molecule has 2 aromatic rings. The quantitative estimate of drug-likeness (QED) is 0.775. The van der Waals surface area contributed by atoms with Gasteiger partial charge in [-0.15, -0.1) is 5.10 Å². The molecule has 20 heavy (non-hydrogen) atoms. The van der Waals surface area contributed by atoms with Crippen LogP contribution in [-0.4, -0.2) is 40.2 Å². The van der Waals surface area contributed by atoms with Crippen LogP contribution in [0.3, 0.4) is 0 Å². The van der Waals surface area contributed by atoms with Crippen molar-refractivity contribution in [2.24, 2.45) is 0 Å². The maximum atomic E-state index is 11.8. The molecule has 2 rings (SSSR count). The number of amides is 1. The summed E-state index contributed by atoms with van der Waals surface area (Å²) in [4.78, 5) is 11.8. The summed E-state index contributed by atoms with van der Waals surface area (Å²) in [6.07, 6.45) is 1.04. The van der Waals surface area contributed by atoms with E-state index < -0.39 is 0 Å². The van der Waals surface area contributed by atoms with E-state index in [1.54, 1.807) is 4.68 Å². The minimum atomic E-state index is -0.0646. The summed E-state index contributed by atoms with van der Waals surface area (Å²) in [7, 11) is 0. The first-order valence-electron chi connectivity index (χ1n) is 6.83. The number of carbonyl (C=O) groups excluding carboxylic acids is 1. The normalized spacial score (nSPS) is 11.2. The Labute approximate surface area is 118 Å². The standard InChI is InChI=1S/C14H20N4O2/c1-11(2)20-9-5-8-15-14(19)10-18-13-7-4-3-6-12(13)16-17-18/h3-4,6-7,11H,5,8-10H2,1-2H3,(H,15,19). The highest BCUT2D eigenvalue weighted by Crippen LogP contribution is 2.08. The van der Waals surface area contributed by atoms with Crippen LogP contribution in [0.4, 0.5) is 0 Å². The summed E-state index contributed by atoms with van der Waals surface area (Å²) >= 11 is 0. The summed E-state index contributed by atoms with van der Waals surface area (Å²) < 4.78 is 7.01. The van der Waals surface area contributed by atoms with Gasteiger partial charge in [0.15, 0.2) is 0 Å². The zero-order valence-corrected chi connectivity index (χ0v) is 11.9. The maximum Gasteiger partial charge on any atom is 0.241 e. The number of aromatic nitrogens is 3. The lowest BCUT2D eigenvalue weighted by atomic mass is 10.3. The van der Waals surface area contributed by atoms with Gasteiger partial charge in [-0.3, -0.25) is 4.79 Å². The average molecular weight is 276 g/mol. The predicted octanol–water partition coefficient (Wildman–Crippen LogP) is 1.36. The van der Waals surface area contributed by atoms with Crippen molar-refractivity contribution in [3.05, 3.63) is 24.3 Å². The molecule has 0 unspecified atom stereocenters. The van der Waals surface area contributed by atoms with Gasteiger partial charge in [-0.05, 0) is 32.4 Å². The molecule has 1 heterocycles. The number of nitrogens with zero attached hydrogens (tertiary/aromatic N) is 3. The number of para-hydroxylation sites is 1. The minimum absolute atomic E-state index is 0.0646. The molecule has 1 N–H and O–H groups in total. The van der Waals surface area contributed by atoms with Crippen molar-refractivity contribution in [1.82, 2.24) is 20.3 Å². The van der Waals surface area contributed by atoms with E-state index in [-0.39, 0.29) is 18.6 Å². The monoisotopic (exact) mass is 276 g/mol. The van der Waals surface area contributed by atoms with Crippen LogP contribution >= 0.6 is 0 Å². The SMILES string of the molecule is CC(C)OCCCNC(=O)Cn1nnc2ccccc21. The van der Waals surface area contributed by atoms with E-state index in [4.69, 9.17) is 4.74 Å². The summed E-state index contributed by atoms with van der Waals surface area (Å²) in [6.45, 7) is 5.44. The number of ether oxygens (including phenoxy) is 1. The van der Waals surface area contributed by atoms with Crippen molar-refractivity contribution in [1.29, 1.82) is 0 Å². The fraction of sp³-hybridized carbons (Fsp3) is 0.500. The van der Waals surface area contributed by atoms with E-state index in [2.05, 4.69) is 15.6 Å². The van der Waals surface area contributed by atoms with Crippen molar-refractivity contribution in [3.63, 3.8) is 0 Å².